The fourth-order valence-electron chi connectivity index (χ4n) is 3.95. The summed E-state index contributed by atoms with van der Waals surface area (Å²) in [5, 5.41) is 0. The molecule has 0 radical (unpaired) electrons. The number of imidazole rings is 1. The predicted molar refractivity (Wildman–Crippen MR) is 114 cm³/mol. The van der Waals surface area contributed by atoms with Crippen molar-refractivity contribution >= 4 is 12.2 Å². The molecular formula is C24H24FN3O3. The Morgan fingerprint density at radius 3 is 2.71 bits per heavy atom. The molecular weight excluding hydrogens is 397 g/mol. The summed E-state index contributed by atoms with van der Waals surface area (Å²) in [6.07, 6.45) is 5.49. The largest absolute Gasteiger partial charge is 0.381 e. The molecule has 6 nitrogen and oxygen atoms in total. The van der Waals surface area contributed by atoms with Crippen LogP contribution in [-0.4, -0.2) is 45.9 Å². The molecule has 4 rings (SSSR count). The van der Waals surface area contributed by atoms with Gasteiger partial charge in [-0.1, -0.05) is 30.3 Å². The van der Waals surface area contributed by atoms with Crippen LogP contribution < -0.4 is 0 Å². The van der Waals surface area contributed by atoms with Gasteiger partial charge in [-0.05, 0) is 36.1 Å². The van der Waals surface area contributed by atoms with Crippen molar-refractivity contribution in [1.29, 1.82) is 0 Å². The van der Waals surface area contributed by atoms with Crippen LogP contribution in [0.1, 0.15) is 39.3 Å². The van der Waals surface area contributed by atoms with Gasteiger partial charge in [-0.15, -0.1) is 0 Å². The minimum Gasteiger partial charge on any atom is -0.381 e. The van der Waals surface area contributed by atoms with Crippen molar-refractivity contribution in [3.63, 3.8) is 0 Å². The topological polar surface area (TPSA) is 64.4 Å². The summed E-state index contributed by atoms with van der Waals surface area (Å²) in [7, 11) is 1.82. The maximum atomic E-state index is 14.7. The molecule has 1 fully saturated rings. The van der Waals surface area contributed by atoms with Gasteiger partial charge < -0.3 is 14.2 Å². The third-order valence-corrected chi connectivity index (χ3v) is 5.58. The fourth-order valence-corrected chi connectivity index (χ4v) is 3.95. The van der Waals surface area contributed by atoms with Gasteiger partial charge in [0.15, 0.2) is 6.29 Å². The fraction of sp³-hybridized carbons (Fsp3) is 0.292. The molecule has 1 amide bonds. The number of carbonyl (C=O) groups excluding carboxylic acids is 2. The minimum atomic E-state index is -0.410. The lowest BCUT2D eigenvalue weighted by Gasteiger charge is -2.34. The third kappa shape index (κ3) is 4.56. The maximum absolute atomic E-state index is 14.7. The highest BCUT2D eigenvalue weighted by atomic mass is 19.1. The smallest absolute Gasteiger partial charge is 0.274 e. The van der Waals surface area contributed by atoms with Crippen LogP contribution in [0.5, 0.6) is 0 Å². The van der Waals surface area contributed by atoms with Crippen molar-refractivity contribution in [1.82, 2.24) is 14.5 Å². The first-order valence-electron chi connectivity index (χ1n) is 10.3. The predicted octanol–water partition coefficient (Wildman–Crippen LogP) is 3.86. The Hall–Kier alpha value is -3.32. The molecule has 0 N–H and O–H groups in total. The van der Waals surface area contributed by atoms with Crippen molar-refractivity contribution in [2.45, 2.75) is 25.4 Å². The Balaban J connectivity index is 1.68. The summed E-state index contributed by atoms with van der Waals surface area (Å²) in [6.45, 7) is 1.51. The SMILES string of the molecule is Cn1cnc(C(=O)N(Cc2ccc(F)c(-c3ccccc3C=O)c2)C2CCOCC2)c1. The van der Waals surface area contributed by atoms with E-state index in [9.17, 15) is 14.0 Å². The molecule has 1 aromatic heterocycles. The molecule has 2 heterocycles. The van der Waals surface area contributed by atoms with Crippen molar-refractivity contribution in [2.24, 2.45) is 7.05 Å². The molecule has 0 bridgehead atoms. The second kappa shape index (κ2) is 9.22. The van der Waals surface area contributed by atoms with Crippen LogP contribution in [0.15, 0.2) is 55.0 Å². The quantitative estimate of drug-likeness (QED) is 0.567. The summed E-state index contributed by atoms with van der Waals surface area (Å²) in [5.74, 6) is -0.571. The zero-order valence-electron chi connectivity index (χ0n) is 17.3. The number of aryl methyl sites for hydroxylation is 1. The highest BCUT2D eigenvalue weighted by Crippen LogP contribution is 2.28. The van der Waals surface area contributed by atoms with Crippen molar-refractivity contribution < 1.29 is 18.7 Å². The number of amides is 1. The van der Waals surface area contributed by atoms with Gasteiger partial charge >= 0.3 is 0 Å². The minimum absolute atomic E-state index is 0.0130. The first kappa shape index (κ1) is 20.9. The maximum Gasteiger partial charge on any atom is 0.274 e. The van der Waals surface area contributed by atoms with E-state index in [0.29, 0.717) is 42.1 Å². The van der Waals surface area contributed by atoms with Crippen LogP contribution in [-0.2, 0) is 18.3 Å². The molecule has 0 spiro atoms. The highest BCUT2D eigenvalue weighted by molar-refractivity contribution is 5.92. The number of halogens is 1. The first-order valence-corrected chi connectivity index (χ1v) is 10.3. The monoisotopic (exact) mass is 421 g/mol. The normalized spacial score (nSPS) is 14.4. The Morgan fingerprint density at radius 2 is 2.00 bits per heavy atom. The number of carbonyl (C=O) groups is 2. The van der Waals surface area contributed by atoms with Crippen LogP contribution >= 0.6 is 0 Å². The van der Waals surface area contributed by atoms with E-state index in [1.807, 2.05) is 7.05 Å². The van der Waals surface area contributed by atoms with E-state index in [1.54, 1.807) is 58.4 Å². The molecule has 0 saturated carbocycles. The van der Waals surface area contributed by atoms with E-state index in [1.165, 1.54) is 6.07 Å². The molecule has 160 valence electrons. The lowest BCUT2D eigenvalue weighted by atomic mass is 9.97. The lowest BCUT2D eigenvalue weighted by Crippen LogP contribution is -2.43. The van der Waals surface area contributed by atoms with Gasteiger partial charge in [-0.3, -0.25) is 9.59 Å². The van der Waals surface area contributed by atoms with Gasteiger partial charge in [0.1, 0.15) is 11.5 Å². The van der Waals surface area contributed by atoms with Gasteiger partial charge in [0.05, 0.1) is 6.33 Å². The number of aldehydes is 1. The molecule has 7 heteroatoms. The van der Waals surface area contributed by atoms with Crippen LogP contribution in [0.3, 0.4) is 0 Å². The molecule has 0 unspecified atom stereocenters. The first-order chi connectivity index (χ1) is 15.1. The van der Waals surface area contributed by atoms with E-state index in [-0.39, 0.29) is 11.9 Å². The average molecular weight is 421 g/mol. The Kier molecular flexibility index (Phi) is 6.23. The molecule has 0 aliphatic carbocycles. The standard InChI is InChI=1S/C24H24FN3O3/c1-27-14-23(26-16-27)24(30)28(19-8-10-31-11-9-19)13-17-6-7-22(25)21(12-17)20-5-3-2-4-18(20)15-29/h2-7,12,14-16,19H,8-11,13H2,1H3. The number of hydrogen-bond acceptors (Lipinski definition) is 4. The number of aromatic nitrogens is 2. The van der Waals surface area contributed by atoms with Crippen LogP contribution in [0.4, 0.5) is 4.39 Å². The van der Waals surface area contributed by atoms with Gasteiger partial charge in [0.2, 0.25) is 0 Å². The molecule has 31 heavy (non-hydrogen) atoms. The van der Waals surface area contributed by atoms with E-state index >= 15 is 0 Å². The van der Waals surface area contributed by atoms with E-state index in [4.69, 9.17) is 4.74 Å². The molecule has 0 atom stereocenters. The summed E-state index contributed by atoms with van der Waals surface area (Å²) in [5.41, 5.74) is 2.46. The Labute approximate surface area is 180 Å². The van der Waals surface area contributed by atoms with Gasteiger partial charge in [0, 0.05) is 50.2 Å². The van der Waals surface area contributed by atoms with Gasteiger partial charge in [-0.25, -0.2) is 9.37 Å². The number of rotatable bonds is 6. The highest BCUT2D eigenvalue weighted by Gasteiger charge is 2.28. The van der Waals surface area contributed by atoms with E-state index in [0.717, 1.165) is 24.7 Å². The number of benzene rings is 2. The lowest BCUT2D eigenvalue weighted by molar-refractivity contribution is 0.0264. The van der Waals surface area contributed by atoms with E-state index in [2.05, 4.69) is 4.98 Å². The molecule has 1 saturated heterocycles. The number of nitrogens with zero attached hydrogens (tertiary/aromatic N) is 3. The van der Waals surface area contributed by atoms with Crippen LogP contribution in [0.2, 0.25) is 0 Å². The zero-order chi connectivity index (χ0) is 21.8. The molecule has 1 aliphatic rings. The summed E-state index contributed by atoms with van der Waals surface area (Å²) in [4.78, 5) is 30.7. The Bertz CT molecular complexity index is 1090. The van der Waals surface area contributed by atoms with Crippen molar-refractivity contribution in [3.05, 3.63) is 77.6 Å². The zero-order valence-corrected chi connectivity index (χ0v) is 17.3. The van der Waals surface area contributed by atoms with E-state index < -0.39 is 5.82 Å². The van der Waals surface area contributed by atoms with Gasteiger partial charge in [-0.2, -0.15) is 0 Å². The second-order valence-electron chi connectivity index (χ2n) is 7.72. The number of ether oxygens (including phenoxy) is 1. The summed E-state index contributed by atoms with van der Waals surface area (Å²) < 4.78 is 21.9. The van der Waals surface area contributed by atoms with Crippen molar-refractivity contribution in [3.8, 4) is 11.1 Å². The average Bonchev–Trinajstić information content (AvgIpc) is 3.25. The molecule has 2 aromatic carbocycles. The molecule has 1 aliphatic heterocycles. The van der Waals surface area contributed by atoms with Crippen molar-refractivity contribution in [2.75, 3.05) is 13.2 Å². The third-order valence-electron chi connectivity index (χ3n) is 5.58. The molecule has 3 aromatic rings. The van der Waals surface area contributed by atoms with Crippen LogP contribution in [0.25, 0.3) is 11.1 Å². The summed E-state index contributed by atoms with van der Waals surface area (Å²) in [6, 6.07) is 11.7. The second-order valence-corrected chi connectivity index (χ2v) is 7.72. The summed E-state index contributed by atoms with van der Waals surface area (Å²) >= 11 is 0. The van der Waals surface area contributed by atoms with Gasteiger partial charge in [0.25, 0.3) is 5.91 Å². The number of hydrogen-bond donors (Lipinski definition) is 0. The van der Waals surface area contributed by atoms with Crippen LogP contribution in [0, 0.1) is 5.82 Å². The Morgan fingerprint density at radius 1 is 1.23 bits per heavy atom.